The zero-order valence-corrected chi connectivity index (χ0v) is 9.45. The molecular formula is C10H18N6. The van der Waals surface area contributed by atoms with E-state index in [0.717, 1.165) is 12.4 Å². The minimum atomic E-state index is 0.222. The van der Waals surface area contributed by atoms with Crippen LogP contribution in [0.25, 0.3) is 0 Å². The van der Waals surface area contributed by atoms with Crippen LogP contribution >= 0.6 is 0 Å². The van der Waals surface area contributed by atoms with Crippen LogP contribution in [0.2, 0.25) is 0 Å². The van der Waals surface area contributed by atoms with E-state index in [2.05, 4.69) is 27.6 Å². The van der Waals surface area contributed by atoms with Crippen molar-refractivity contribution < 1.29 is 0 Å². The Kier molecular flexibility index (Phi) is 2.82. The zero-order chi connectivity index (χ0) is 11.6. The maximum absolute atomic E-state index is 5.56. The molecule has 88 valence electrons. The van der Waals surface area contributed by atoms with Gasteiger partial charge in [0.15, 0.2) is 0 Å². The summed E-state index contributed by atoms with van der Waals surface area (Å²) in [7, 11) is 0. The third kappa shape index (κ3) is 2.33. The number of aromatic nitrogens is 2. The molecule has 0 saturated heterocycles. The molecule has 1 heterocycles. The Balaban J connectivity index is 2.01. The molecule has 0 atom stereocenters. The second-order valence-electron chi connectivity index (χ2n) is 4.35. The summed E-state index contributed by atoms with van der Waals surface area (Å²) >= 11 is 0. The van der Waals surface area contributed by atoms with Gasteiger partial charge in [0.1, 0.15) is 11.6 Å². The SMILES string of the molecule is CCC1(CNc2cc(NN)nc(N)n2)CC1. The maximum atomic E-state index is 5.56. The average Bonchev–Trinajstić information content (AvgIpc) is 3.06. The van der Waals surface area contributed by atoms with Crippen LogP contribution in [0, 0.1) is 5.41 Å². The van der Waals surface area contributed by atoms with Crippen molar-refractivity contribution in [2.75, 3.05) is 23.0 Å². The van der Waals surface area contributed by atoms with Gasteiger partial charge in [0, 0.05) is 12.6 Å². The van der Waals surface area contributed by atoms with Gasteiger partial charge in [0.2, 0.25) is 5.95 Å². The van der Waals surface area contributed by atoms with Gasteiger partial charge in [0.05, 0.1) is 0 Å². The van der Waals surface area contributed by atoms with E-state index in [1.807, 2.05) is 0 Å². The molecule has 1 aliphatic carbocycles. The van der Waals surface area contributed by atoms with Crippen LogP contribution in [0.4, 0.5) is 17.6 Å². The number of hydrazine groups is 1. The van der Waals surface area contributed by atoms with Gasteiger partial charge in [-0.05, 0) is 24.7 Å². The van der Waals surface area contributed by atoms with E-state index >= 15 is 0 Å². The fourth-order valence-electron chi connectivity index (χ4n) is 1.74. The second-order valence-corrected chi connectivity index (χ2v) is 4.35. The number of hydrogen-bond acceptors (Lipinski definition) is 6. The molecular weight excluding hydrogens is 204 g/mol. The minimum Gasteiger partial charge on any atom is -0.369 e. The van der Waals surface area contributed by atoms with E-state index in [4.69, 9.17) is 11.6 Å². The highest BCUT2D eigenvalue weighted by Gasteiger charge is 2.40. The number of nitrogens with one attached hydrogen (secondary N) is 2. The van der Waals surface area contributed by atoms with Gasteiger partial charge in [-0.25, -0.2) is 5.84 Å². The molecule has 0 bridgehead atoms. The highest BCUT2D eigenvalue weighted by atomic mass is 15.3. The first-order chi connectivity index (χ1) is 7.67. The summed E-state index contributed by atoms with van der Waals surface area (Å²) in [6.07, 6.45) is 3.78. The average molecular weight is 222 g/mol. The number of nitrogens with two attached hydrogens (primary N) is 2. The molecule has 0 radical (unpaired) electrons. The first-order valence-electron chi connectivity index (χ1n) is 5.52. The number of rotatable bonds is 5. The van der Waals surface area contributed by atoms with Gasteiger partial charge < -0.3 is 16.5 Å². The molecule has 6 nitrogen and oxygen atoms in total. The first-order valence-corrected chi connectivity index (χ1v) is 5.52. The molecule has 0 unspecified atom stereocenters. The smallest absolute Gasteiger partial charge is 0.223 e. The Morgan fingerprint density at radius 2 is 2.06 bits per heavy atom. The van der Waals surface area contributed by atoms with Gasteiger partial charge in [-0.15, -0.1) is 0 Å². The lowest BCUT2D eigenvalue weighted by molar-refractivity contribution is 0.521. The summed E-state index contributed by atoms with van der Waals surface area (Å²) in [5.74, 6) is 6.75. The highest BCUT2D eigenvalue weighted by molar-refractivity contribution is 5.50. The lowest BCUT2D eigenvalue weighted by Crippen LogP contribution is -2.17. The summed E-state index contributed by atoms with van der Waals surface area (Å²) in [4.78, 5) is 8.03. The maximum Gasteiger partial charge on any atom is 0.223 e. The number of nitrogens with zero attached hydrogens (tertiary/aromatic N) is 2. The summed E-state index contributed by atoms with van der Waals surface area (Å²) in [6, 6.07) is 1.75. The Bertz CT molecular complexity index is 374. The van der Waals surface area contributed by atoms with Crippen molar-refractivity contribution in [1.29, 1.82) is 0 Å². The molecule has 1 fully saturated rings. The Labute approximate surface area is 94.8 Å². The summed E-state index contributed by atoms with van der Waals surface area (Å²) in [5.41, 5.74) is 8.50. The molecule has 1 aromatic heterocycles. The van der Waals surface area contributed by atoms with Crippen molar-refractivity contribution >= 4 is 17.6 Å². The fourth-order valence-corrected chi connectivity index (χ4v) is 1.74. The van der Waals surface area contributed by atoms with E-state index in [9.17, 15) is 0 Å². The van der Waals surface area contributed by atoms with Gasteiger partial charge in [0.25, 0.3) is 0 Å². The molecule has 0 aliphatic heterocycles. The molecule has 16 heavy (non-hydrogen) atoms. The van der Waals surface area contributed by atoms with Crippen LogP contribution in [-0.4, -0.2) is 16.5 Å². The van der Waals surface area contributed by atoms with Crippen LogP contribution < -0.4 is 22.3 Å². The Morgan fingerprint density at radius 1 is 1.38 bits per heavy atom. The molecule has 0 aromatic carbocycles. The molecule has 0 spiro atoms. The molecule has 0 amide bonds. The van der Waals surface area contributed by atoms with Gasteiger partial charge >= 0.3 is 0 Å². The number of anilines is 3. The highest BCUT2D eigenvalue weighted by Crippen LogP contribution is 2.48. The monoisotopic (exact) mass is 222 g/mol. The normalized spacial score (nSPS) is 16.9. The molecule has 1 aliphatic rings. The third-order valence-corrected chi connectivity index (χ3v) is 3.24. The molecule has 1 saturated carbocycles. The van der Waals surface area contributed by atoms with Crippen molar-refractivity contribution in [3.8, 4) is 0 Å². The van der Waals surface area contributed by atoms with Gasteiger partial charge in [-0.2, -0.15) is 9.97 Å². The Morgan fingerprint density at radius 3 is 2.62 bits per heavy atom. The minimum absolute atomic E-state index is 0.222. The third-order valence-electron chi connectivity index (χ3n) is 3.24. The van der Waals surface area contributed by atoms with E-state index in [0.29, 0.717) is 11.2 Å². The van der Waals surface area contributed by atoms with E-state index in [1.54, 1.807) is 6.07 Å². The molecule has 6 N–H and O–H groups in total. The standard InChI is InChI=1S/C10H18N6/c1-2-10(3-4-10)6-13-7-5-8(16-12)15-9(11)14-7/h5H,2-4,6,12H2,1H3,(H4,11,13,14,15,16). The first kappa shape index (κ1) is 10.9. The van der Waals surface area contributed by atoms with Crippen molar-refractivity contribution in [1.82, 2.24) is 9.97 Å². The number of hydrogen-bond donors (Lipinski definition) is 4. The van der Waals surface area contributed by atoms with E-state index in [1.165, 1.54) is 19.3 Å². The quantitative estimate of drug-likeness (QED) is 0.437. The van der Waals surface area contributed by atoms with Crippen LogP contribution in [0.1, 0.15) is 26.2 Å². The van der Waals surface area contributed by atoms with E-state index in [-0.39, 0.29) is 5.95 Å². The van der Waals surface area contributed by atoms with Crippen molar-refractivity contribution in [3.63, 3.8) is 0 Å². The molecule has 6 heteroatoms. The van der Waals surface area contributed by atoms with Crippen LogP contribution in [0.5, 0.6) is 0 Å². The van der Waals surface area contributed by atoms with Gasteiger partial charge in [-0.3, -0.25) is 0 Å². The lowest BCUT2D eigenvalue weighted by atomic mass is 10.0. The van der Waals surface area contributed by atoms with Crippen LogP contribution in [0.3, 0.4) is 0 Å². The van der Waals surface area contributed by atoms with E-state index < -0.39 is 0 Å². The van der Waals surface area contributed by atoms with Crippen LogP contribution in [0.15, 0.2) is 6.07 Å². The van der Waals surface area contributed by atoms with Crippen LogP contribution in [-0.2, 0) is 0 Å². The fraction of sp³-hybridized carbons (Fsp3) is 0.600. The largest absolute Gasteiger partial charge is 0.369 e. The summed E-state index contributed by atoms with van der Waals surface area (Å²) in [5, 5.41) is 3.29. The van der Waals surface area contributed by atoms with Crippen molar-refractivity contribution in [2.45, 2.75) is 26.2 Å². The molecule has 1 aromatic rings. The predicted molar refractivity (Wildman–Crippen MR) is 64.7 cm³/mol. The van der Waals surface area contributed by atoms with Gasteiger partial charge in [-0.1, -0.05) is 6.92 Å². The van der Waals surface area contributed by atoms with Crippen molar-refractivity contribution in [2.24, 2.45) is 11.3 Å². The lowest BCUT2D eigenvalue weighted by Gasteiger charge is -2.14. The summed E-state index contributed by atoms with van der Waals surface area (Å²) in [6.45, 7) is 3.15. The molecule has 2 rings (SSSR count). The summed E-state index contributed by atoms with van der Waals surface area (Å²) < 4.78 is 0. The Hall–Kier alpha value is -1.56. The zero-order valence-electron chi connectivity index (χ0n) is 9.45. The predicted octanol–water partition coefficient (Wildman–Crippen LogP) is 0.946. The topological polar surface area (TPSA) is 102 Å². The number of nitrogen functional groups attached to an aromatic ring is 2. The van der Waals surface area contributed by atoms with Crippen molar-refractivity contribution in [3.05, 3.63) is 6.07 Å². The second kappa shape index (κ2) is 4.13.